The Morgan fingerprint density at radius 1 is 1.41 bits per heavy atom. The maximum Gasteiger partial charge on any atom is 0.315 e. The van der Waals surface area contributed by atoms with E-state index in [1.807, 2.05) is 6.26 Å². The predicted molar refractivity (Wildman–Crippen MR) is 87.4 cm³/mol. The number of benzene rings is 1. The number of carbonyl (C=O) groups is 1. The SMILES string of the molecule is CO[C@@H]1CC[C@@H](NC(=O)NCc2ccc(F)cc2CSC)C1. The van der Waals surface area contributed by atoms with Crippen molar-refractivity contribution >= 4 is 17.8 Å². The summed E-state index contributed by atoms with van der Waals surface area (Å²) in [7, 11) is 1.70. The molecule has 6 heteroatoms. The third kappa shape index (κ3) is 4.88. The standard InChI is InChI=1S/C16H23FN2O2S/c1-21-15-6-5-14(8-15)19-16(20)18-9-11-3-4-13(17)7-12(11)10-22-2/h3-4,7,14-15H,5-6,8-10H2,1-2H3,(H2,18,19,20)/t14-,15-/m1/s1. The summed E-state index contributed by atoms with van der Waals surface area (Å²) in [4.78, 5) is 12.0. The number of urea groups is 1. The fourth-order valence-electron chi connectivity index (χ4n) is 2.75. The Labute approximate surface area is 135 Å². The lowest BCUT2D eigenvalue weighted by Gasteiger charge is -2.15. The Bertz CT molecular complexity index is 513. The summed E-state index contributed by atoms with van der Waals surface area (Å²) in [5.74, 6) is 0.489. The average molecular weight is 326 g/mol. The van der Waals surface area contributed by atoms with Crippen molar-refractivity contribution in [2.24, 2.45) is 0 Å². The largest absolute Gasteiger partial charge is 0.381 e. The van der Waals surface area contributed by atoms with Crippen LogP contribution in [0.15, 0.2) is 18.2 Å². The zero-order valence-corrected chi connectivity index (χ0v) is 13.8. The van der Waals surface area contributed by atoms with E-state index in [0.29, 0.717) is 6.54 Å². The van der Waals surface area contributed by atoms with Gasteiger partial charge in [0, 0.05) is 25.4 Å². The van der Waals surface area contributed by atoms with Crippen molar-refractivity contribution in [2.45, 2.75) is 43.7 Å². The first kappa shape index (κ1) is 17.1. The lowest BCUT2D eigenvalue weighted by atomic mass is 10.1. The van der Waals surface area contributed by atoms with Crippen molar-refractivity contribution < 1.29 is 13.9 Å². The van der Waals surface area contributed by atoms with Crippen LogP contribution in [0.25, 0.3) is 0 Å². The number of methoxy groups -OCH3 is 1. The van der Waals surface area contributed by atoms with Crippen molar-refractivity contribution in [3.8, 4) is 0 Å². The first-order chi connectivity index (χ1) is 10.6. The smallest absolute Gasteiger partial charge is 0.315 e. The topological polar surface area (TPSA) is 50.4 Å². The zero-order valence-electron chi connectivity index (χ0n) is 13.0. The van der Waals surface area contributed by atoms with E-state index in [0.717, 1.165) is 36.1 Å². The molecule has 22 heavy (non-hydrogen) atoms. The molecule has 0 bridgehead atoms. The van der Waals surface area contributed by atoms with Crippen molar-refractivity contribution in [1.82, 2.24) is 10.6 Å². The molecule has 0 aromatic heterocycles. The second kappa shape index (κ2) is 8.39. The van der Waals surface area contributed by atoms with E-state index in [2.05, 4.69) is 10.6 Å². The average Bonchev–Trinajstić information content (AvgIpc) is 2.94. The number of thioether (sulfide) groups is 1. The summed E-state index contributed by atoms with van der Waals surface area (Å²) in [6, 6.07) is 4.69. The number of rotatable bonds is 6. The molecule has 0 saturated heterocycles. The maximum atomic E-state index is 13.3. The first-order valence-corrected chi connectivity index (χ1v) is 8.85. The van der Waals surface area contributed by atoms with Crippen molar-refractivity contribution in [3.05, 3.63) is 35.1 Å². The molecule has 1 aliphatic rings. The third-order valence-electron chi connectivity index (χ3n) is 3.96. The quantitative estimate of drug-likeness (QED) is 0.845. The number of hydrogen-bond acceptors (Lipinski definition) is 3. The summed E-state index contributed by atoms with van der Waals surface area (Å²) < 4.78 is 18.6. The highest BCUT2D eigenvalue weighted by Gasteiger charge is 2.25. The van der Waals surface area contributed by atoms with Crippen LogP contribution in [0.1, 0.15) is 30.4 Å². The third-order valence-corrected chi connectivity index (χ3v) is 4.56. The van der Waals surface area contributed by atoms with Crippen LogP contribution in [0.3, 0.4) is 0 Å². The molecule has 2 atom stereocenters. The summed E-state index contributed by atoms with van der Waals surface area (Å²) in [6.45, 7) is 0.405. The minimum atomic E-state index is -0.242. The van der Waals surface area contributed by atoms with Gasteiger partial charge in [0.1, 0.15) is 5.82 Å². The summed E-state index contributed by atoms with van der Waals surface area (Å²) >= 11 is 1.63. The van der Waals surface area contributed by atoms with Crippen LogP contribution in [-0.4, -0.2) is 31.5 Å². The lowest BCUT2D eigenvalue weighted by Crippen LogP contribution is -2.41. The molecule has 0 unspecified atom stereocenters. The van der Waals surface area contributed by atoms with E-state index >= 15 is 0 Å². The fraction of sp³-hybridized carbons (Fsp3) is 0.562. The highest BCUT2D eigenvalue weighted by atomic mass is 32.2. The monoisotopic (exact) mass is 326 g/mol. The number of halogens is 1. The molecular formula is C16H23FN2O2S. The minimum absolute atomic E-state index is 0.170. The molecule has 1 saturated carbocycles. The van der Waals surface area contributed by atoms with Crippen LogP contribution in [0.5, 0.6) is 0 Å². The molecule has 1 aromatic carbocycles. The molecule has 4 nitrogen and oxygen atoms in total. The van der Waals surface area contributed by atoms with E-state index in [9.17, 15) is 9.18 Å². The van der Waals surface area contributed by atoms with Crippen LogP contribution >= 0.6 is 11.8 Å². The highest BCUT2D eigenvalue weighted by molar-refractivity contribution is 7.97. The molecule has 0 aliphatic heterocycles. The number of amides is 2. The molecule has 0 radical (unpaired) electrons. The summed E-state index contributed by atoms with van der Waals surface area (Å²) in [5, 5.41) is 5.82. The van der Waals surface area contributed by atoms with Gasteiger partial charge in [-0.05, 0) is 48.8 Å². The molecule has 2 amide bonds. The molecular weight excluding hydrogens is 303 g/mol. The van der Waals surface area contributed by atoms with Crippen LogP contribution in [0.2, 0.25) is 0 Å². The van der Waals surface area contributed by atoms with E-state index in [-0.39, 0.29) is 24.0 Å². The van der Waals surface area contributed by atoms with Crippen LogP contribution in [-0.2, 0) is 17.0 Å². The highest BCUT2D eigenvalue weighted by Crippen LogP contribution is 2.21. The van der Waals surface area contributed by atoms with Gasteiger partial charge in [0.05, 0.1) is 6.10 Å². The number of ether oxygens (including phenoxy) is 1. The van der Waals surface area contributed by atoms with E-state index in [4.69, 9.17) is 4.74 Å². The minimum Gasteiger partial charge on any atom is -0.381 e. The van der Waals surface area contributed by atoms with Gasteiger partial charge in [0.2, 0.25) is 0 Å². The molecule has 2 N–H and O–H groups in total. The molecule has 1 aliphatic carbocycles. The Hall–Kier alpha value is -1.27. The summed E-state index contributed by atoms with van der Waals surface area (Å²) in [6.07, 6.45) is 5.01. The van der Waals surface area contributed by atoms with Crippen molar-refractivity contribution in [1.29, 1.82) is 0 Å². The van der Waals surface area contributed by atoms with Crippen LogP contribution in [0.4, 0.5) is 9.18 Å². The van der Waals surface area contributed by atoms with Gasteiger partial charge in [-0.3, -0.25) is 0 Å². The van der Waals surface area contributed by atoms with Gasteiger partial charge in [-0.25, -0.2) is 9.18 Å². The van der Waals surface area contributed by atoms with Gasteiger partial charge in [-0.2, -0.15) is 11.8 Å². The number of hydrogen-bond donors (Lipinski definition) is 2. The Morgan fingerprint density at radius 2 is 2.23 bits per heavy atom. The Kier molecular flexibility index (Phi) is 6.51. The normalized spacial score (nSPS) is 20.9. The van der Waals surface area contributed by atoms with Crippen molar-refractivity contribution in [2.75, 3.05) is 13.4 Å². The molecule has 1 aromatic rings. The second-order valence-electron chi connectivity index (χ2n) is 5.54. The lowest BCUT2D eigenvalue weighted by molar-refractivity contribution is 0.107. The molecule has 122 valence electrons. The van der Waals surface area contributed by atoms with Crippen LogP contribution < -0.4 is 10.6 Å². The van der Waals surface area contributed by atoms with E-state index in [1.54, 1.807) is 24.9 Å². The first-order valence-electron chi connectivity index (χ1n) is 7.45. The summed E-state index contributed by atoms with van der Waals surface area (Å²) in [5.41, 5.74) is 1.88. The van der Waals surface area contributed by atoms with Gasteiger partial charge < -0.3 is 15.4 Å². The van der Waals surface area contributed by atoms with Crippen LogP contribution in [0, 0.1) is 5.82 Å². The van der Waals surface area contributed by atoms with Gasteiger partial charge in [-0.15, -0.1) is 0 Å². The number of carbonyl (C=O) groups excluding carboxylic acids is 1. The molecule has 1 fully saturated rings. The van der Waals surface area contributed by atoms with E-state index < -0.39 is 0 Å². The Morgan fingerprint density at radius 3 is 2.91 bits per heavy atom. The number of nitrogens with one attached hydrogen (secondary N) is 2. The van der Waals surface area contributed by atoms with E-state index in [1.165, 1.54) is 12.1 Å². The van der Waals surface area contributed by atoms with Gasteiger partial charge in [0.25, 0.3) is 0 Å². The molecule has 0 heterocycles. The molecule has 2 rings (SSSR count). The predicted octanol–water partition coefficient (Wildman–Crippen LogP) is 3.06. The maximum absolute atomic E-state index is 13.3. The van der Waals surface area contributed by atoms with Gasteiger partial charge in [-0.1, -0.05) is 6.07 Å². The van der Waals surface area contributed by atoms with Gasteiger partial charge >= 0.3 is 6.03 Å². The van der Waals surface area contributed by atoms with Gasteiger partial charge in [0.15, 0.2) is 0 Å². The second-order valence-corrected chi connectivity index (χ2v) is 6.41. The fourth-order valence-corrected chi connectivity index (χ4v) is 3.33. The molecule has 0 spiro atoms. The van der Waals surface area contributed by atoms with Crippen molar-refractivity contribution in [3.63, 3.8) is 0 Å². The Balaban J connectivity index is 1.83. The zero-order chi connectivity index (χ0) is 15.9.